The van der Waals surface area contributed by atoms with Gasteiger partial charge in [0.1, 0.15) is 0 Å². The highest BCUT2D eigenvalue weighted by atomic mass is 16.5. The largest absolute Gasteiger partial charge is 0.499 e. The fraction of sp³-hybridized carbons (Fsp3) is 0.857. The predicted octanol–water partition coefficient (Wildman–Crippen LogP) is 3.61. The standard InChI is InChI=1S/C14H22O/c1-3-15-9(2)14-12-5-10-4-11(7-12)8-13(14)6-10/h10-14H,2-8H2,1H3. The van der Waals surface area contributed by atoms with Crippen molar-refractivity contribution in [2.45, 2.75) is 39.0 Å². The molecule has 84 valence electrons. The molecular weight excluding hydrogens is 184 g/mol. The van der Waals surface area contributed by atoms with Gasteiger partial charge in [0.05, 0.1) is 12.4 Å². The molecule has 0 spiro atoms. The van der Waals surface area contributed by atoms with Crippen LogP contribution >= 0.6 is 0 Å². The summed E-state index contributed by atoms with van der Waals surface area (Å²) in [5.41, 5.74) is 0. The summed E-state index contributed by atoms with van der Waals surface area (Å²) in [6.07, 6.45) is 7.38. The normalized spacial score (nSPS) is 46.9. The van der Waals surface area contributed by atoms with Gasteiger partial charge in [-0.25, -0.2) is 0 Å². The van der Waals surface area contributed by atoms with E-state index in [1.807, 2.05) is 0 Å². The van der Waals surface area contributed by atoms with Crippen molar-refractivity contribution in [2.24, 2.45) is 29.6 Å². The van der Waals surface area contributed by atoms with Gasteiger partial charge in [-0.2, -0.15) is 0 Å². The Hall–Kier alpha value is -0.460. The lowest BCUT2D eigenvalue weighted by atomic mass is 9.51. The van der Waals surface area contributed by atoms with E-state index in [0.717, 1.165) is 36.0 Å². The van der Waals surface area contributed by atoms with Crippen molar-refractivity contribution in [1.82, 2.24) is 0 Å². The van der Waals surface area contributed by atoms with E-state index in [1.165, 1.54) is 32.1 Å². The van der Waals surface area contributed by atoms with Crippen molar-refractivity contribution in [3.63, 3.8) is 0 Å². The number of ether oxygens (including phenoxy) is 1. The van der Waals surface area contributed by atoms with E-state index in [1.54, 1.807) is 0 Å². The third-order valence-corrected chi connectivity index (χ3v) is 4.93. The molecule has 0 atom stereocenters. The molecule has 0 aromatic heterocycles. The van der Waals surface area contributed by atoms with Crippen LogP contribution in [0, 0.1) is 29.6 Å². The molecule has 0 aromatic rings. The van der Waals surface area contributed by atoms with Gasteiger partial charge in [-0.05, 0) is 62.7 Å². The van der Waals surface area contributed by atoms with Crippen LogP contribution < -0.4 is 0 Å². The Morgan fingerprint density at radius 1 is 1.07 bits per heavy atom. The molecule has 0 saturated heterocycles. The maximum Gasteiger partial charge on any atom is 0.0924 e. The van der Waals surface area contributed by atoms with Crippen molar-refractivity contribution < 1.29 is 4.74 Å². The number of allylic oxidation sites excluding steroid dienone is 1. The maximum absolute atomic E-state index is 5.67. The smallest absolute Gasteiger partial charge is 0.0924 e. The van der Waals surface area contributed by atoms with Crippen molar-refractivity contribution in [2.75, 3.05) is 6.61 Å². The van der Waals surface area contributed by atoms with Crippen LogP contribution in [-0.2, 0) is 4.74 Å². The molecule has 4 saturated carbocycles. The first-order valence-electron chi connectivity index (χ1n) is 6.59. The molecule has 4 aliphatic carbocycles. The van der Waals surface area contributed by atoms with Crippen LogP contribution in [0.2, 0.25) is 0 Å². The minimum absolute atomic E-state index is 0.706. The molecule has 0 heterocycles. The summed E-state index contributed by atoms with van der Waals surface area (Å²) in [6.45, 7) is 7.03. The lowest BCUT2D eigenvalue weighted by Crippen LogP contribution is -2.45. The molecule has 0 aromatic carbocycles. The minimum atomic E-state index is 0.706. The Bertz CT molecular complexity index is 241. The van der Waals surface area contributed by atoms with Gasteiger partial charge in [-0.3, -0.25) is 0 Å². The van der Waals surface area contributed by atoms with Gasteiger partial charge in [-0.1, -0.05) is 6.58 Å². The highest BCUT2D eigenvalue weighted by Crippen LogP contribution is 2.58. The van der Waals surface area contributed by atoms with E-state index in [2.05, 4.69) is 13.5 Å². The molecular formula is C14H22O. The number of hydrogen-bond donors (Lipinski definition) is 0. The minimum Gasteiger partial charge on any atom is -0.499 e. The van der Waals surface area contributed by atoms with E-state index in [-0.39, 0.29) is 0 Å². The molecule has 4 fully saturated rings. The first-order valence-corrected chi connectivity index (χ1v) is 6.59. The summed E-state index contributed by atoms with van der Waals surface area (Å²) in [4.78, 5) is 0. The topological polar surface area (TPSA) is 9.23 Å². The summed E-state index contributed by atoms with van der Waals surface area (Å²) in [5.74, 6) is 5.75. The Morgan fingerprint density at radius 3 is 2.07 bits per heavy atom. The van der Waals surface area contributed by atoms with Crippen LogP contribution in [0.25, 0.3) is 0 Å². The summed E-state index contributed by atoms with van der Waals surface area (Å²) >= 11 is 0. The van der Waals surface area contributed by atoms with Gasteiger partial charge < -0.3 is 4.74 Å². The molecule has 0 unspecified atom stereocenters. The monoisotopic (exact) mass is 206 g/mol. The van der Waals surface area contributed by atoms with Gasteiger partial charge >= 0.3 is 0 Å². The van der Waals surface area contributed by atoms with Crippen molar-refractivity contribution >= 4 is 0 Å². The Balaban J connectivity index is 1.77. The number of hydrogen-bond acceptors (Lipinski definition) is 1. The van der Waals surface area contributed by atoms with E-state index in [0.29, 0.717) is 5.92 Å². The zero-order valence-electron chi connectivity index (χ0n) is 9.74. The van der Waals surface area contributed by atoms with Gasteiger partial charge in [0.2, 0.25) is 0 Å². The van der Waals surface area contributed by atoms with Crippen molar-refractivity contribution in [1.29, 1.82) is 0 Å². The van der Waals surface area contributed by atoms with Crippen LogP contribution in [0.15, 0.2) is 12.3 Å². The van der Waals surface area contributed by atoms with Crippen LogP contribution in [0.3, 0.4) is 0 Å². The Labute approximate surface area is 92.9 Å². The zero-order valence-corrected chi connectivity index (χ0v) is 9.74. The first kappa shape index (κ1) is 9.74. The quantitative estimate of drug-likeness (QED) is 0.641. The van der Waals surface area contributed by atoms with Crippen LogP contribution in [0.4, 0.5) is 0 Å². The fourth-order valence-corrected chi connectivity index (χ4v) is 4.73. The first-order chi connectivity index (χ1) is 7.28. The van der Waals surface area contributed by atoms with Crippen LogP contribution in [-0.4, -0.2) is 6.61 Å². The second-order valence-electron chi connectivity index (χ2n) is 5.86. The molecule has 0 amide bonds. The van der Waals surface area contributed by atoms with Crippen molar-refractivity contribution in [3.8, 4) is 0 Å². The zero-order chi connectivity index (χ0) is 10.4. The number of rotatable bonds is 3. The maximum atomic E-state index is 5.67. The molecule has 4 aliphatic rings. The third kappa shape index (κ3) is 1.51. The molecule has 1 heteroatoms. The van der Waals surface area contributed by atoms with Crippen LogP contribution in [0.5, 0.6) is 0 Å². The van der Waals surface area contributed by atoms with Gasteiger partial charge in [0, 0.05) is 5.92 Å². The van der Waals surface area contributed by atoms with Gasteiger partial charge in [-0.15, -0.1) is 0 Å². The average molecular weight is 206 g/mol. The predicted molar refractivity (Wildman–Crippen MR) is 61.3 cm³/mol. The SMILES string of the molecule is C=C(OCC)C1C2CC3CC(C2)CC1C3. The second kappa shape index (κ2) is 3.54. The molecule has 4 bridgehead atoms. The Kier molecular flexibility index (Phi) is 2.30. The summed E-state index contributed by atoms with van der Waals surface area (Å²) < 4.78 is 5.67. The van der Waals surface area contributed by atoms with Gasteiger partial charge in [0.25, 0.3) is 0 Å². The van der Waals surface area contributed by atoms with E-state index in [4.69, 9.17) is 4.74 Å². The van der Waals surface area contributed by atoms with E-state index < -0.39 is 0 Å². The van der Waals surface area contributed by atoms with E-state index in [9.17, 15) is 0 Å². The molecule has 0 N–H and O–H groups in total. The fourth-order valence-electron chi connectivity index (χ4n) is 4.73. The molecule has 1 nitrogen and oxygen atoms in total. The summed E-state index contributed by atoms with van der Waals surface area (Å²) in [7, 11) is 0. The van der Waals surface area contributed by atoms with Gasteiger partial charge in [0.15, 0.2) is 0 Å². The molecule has 4 rings (SSSR count). The average Bonchev–Trinajstić information content (AvgIpc) is 2.15. The molecule has 15 heavy (non-hydrogen) atoms. The Morgan fingerprint density at radius 2 is 1.60 bits per heavy atom. The van der Waals surface area contributed by atoms with E-state index >= 15 is 0 Å². The highest BCUT2D eigenvalue weighted by molar-refractivity contribution is 5.07. The molecule has 0 aliphatic heterocycles. The second-order valence-corrected chi connectivity index (χ2v) is 5.86. The van der Waals surface area contributed by atoms with Crippen molar-refractivity contribution in [3.05, 3.63) is 12.3 Å². The molecule has 0 radical (unpaired) electrons. The lowest BCUT2D eigenvalue weighted by Gasteiger charge is -2.54. The lowest BCUT2D eigenvalue weighted by molar-refractivity contribution is -0.0420. The third-order valence-electron chi connectivity index (χ3n) is 4.93. The highest BCUT2D eigenvalue weighted by Gasteiger charge is 2.49. The van der Waals surface area contributed by atoms with Crippen LogP contribution in [0.1, 0.15) is 39.0 Å². The summed E-state index contributed by atoms with van der Waals surface area (Å²) in [5, 5.41) is 0. The summed E-state index contributed by atoms with van der Waals surface area (Å²) in [6, 6.07) is 0.